The average molecular weight is 291 g/mol. The molecule has 0 amide bonds. The van der Waals surface area contributed by atoms with E-state index in [4.69, 9.17) is 4.74 Å². The van der Waals surface area contributed by atoms with Crippen LogP contribution in [0.3, 0.4) is 0 Å². The molecule has 1 N–H and O–H groups in total. The number of likely N-dealkylation sites (N-methyl/N-ethyl adjacent to an activating group) is 1. The third kappa shape index (κ3) is 3.79. The van der Waals surface area contributed by atoms with Crippen molar-refractivity contribution in [2.24, 2.45) is 0 Å². The Kier molecular flexibility index (Phi) is 5.28. The molecular weight excluding hydrogens is 272 g/mol. The van der Waals surface area contributed by atoms with Crippen LogP contribution in [0.1, 0.15) is 24.1 Å². The number of hydrogen-bond acceptors (Lipinski definition) is 2. The van der Waals surface area contributed by atoms with Gasteiger partial charge in [-0.3, -0.25) is 0 Å². The van der Waals surface area contributed by atoms with E-state index in [1.165, 1.54) is 18.2 Å². The third-order valence-corrected chi connectivity index (χ3v) is 3.39. The van der Waals surface area contributed by atoms with Crippen LogP contribution in [0.15, 0.2) is 42.5 Å². The van der Waals surface area contributed by atoms with Crippen LogP contribution < -0.4 is 10.1 Å². The van der Waals surface area contributed by atoms with Gasteiger partial charge in [-0.1, -0.05) is 18.2 Å². The van der Waals surface area contributed by atoms with Gasteiger partial charge < -0.3 is 10.1 Å². The summed E-state index contributed by atoms with van der Waals surface area (Å²) in [5.41, 5.74) is 1.03. The summed E-state index contributed by atoms with van der Waals surface area (Å²) >= 11 is 0. The molecule has 0 bridgehead atoms. The maximum atomic E-state index is 13.8. The Morgan fingerprint density at radius 2 is 1.76 bits per heavy atom. The zero-order valence-electron chi connectivity index (χ0n) is 12.2. The van der Waals surface area contributed by atoms with Crippen LogP contribution in [0.2, 0.25) is 0 Å². The lowest BCUT2D eigenvalue weighted by Crippen LogP contribution is -2.20. The van der Waals surface area contributed by atoms with Crippen LogP contribution >= 0.6 is 0 Å². The molecular formula is C17H19F2NO. The van der Waals surface area contributed by atoms with Crippen molar-refractivity contribution in [2.75, 3.05) is 13.7 Å². The lowest BCUT2D eigenvalue weighted by Gasteiger charge is -2.18. The molecule has 2 rings (SSSR count). The SMILES string of the molecule is CCOc1cccc(C(Cc2c(F)cccc2F)NC)c1. The molecule has 2 aromatic carbocycles. The fourth-order valence-corrected chi connectivity index (χ4v) is 2.31. The van der Waals surface area contributed by atoms with Gasteiger partial charge in [0, 0.05) is 11.6 Å². The van der Waals surface area contributed by atoms with Crippen molar-refractivity contribution in [2.45, 2.75) is 19.4 Å². The Bertz CT molecular complexity index is 581. The van der Waals surface area contributed by atoms with Crippen LogP contribution in [-0.2, 0) is 6.42 Å². The van der Waals surface area contributed by atoms with Crippen LogP contribution in [0.5, 0.6) is 5.75 Å². The predicted octanol–water partition coefficient (Wildman–Crippen LogP) is 3.87. The summed E-state index contributed by atoms with van der Waals surface area (Å²) < 4.78 is 33.0. The van der Waals surface area contributed by atoms with E-state index >= 15 is 0 Å². The van der Waals surface area contributed by atoms with Crippen molar-refractivity contribution in [3.8, 4) is 5.75 Å². The fraction of sp³-hybridized carbons (Fsp3) is 0.294. The van der Waals surface area contributed by atoms with E-state index in [0.29, 0.717) is 6.61 Å². The van der Waals surface area contributed by atoms with Gasteiger partial charge in [-0.15, -0.1) is 0 Å². The first-order valence-corrected chi connectivity index (χ1v) is 6.98. The summed E-state index contributed by atoms with van der Waals surface area (Å²) in [4.78, 5) is 0. The average Bonchev–Trinajstić information content (AvgIpc) is 2.48. The van der Waals surface area contributed by atoms with E-state index in [1.807, 2.05) is 31.2 Å². The molecule has 0 fully saturated rings. The third-order valence-electron chi connectivity index (χ3n) is 3.39. The van der Waals surface area contributed by atoms with Gasteiger partial charge in [0.25, 0.3) is 0 Å². The van der Waals surface area contributed by atoms with Crippen LogP contribution in [0.4, 0.5) is 8.78 Å². The Hall–Kier alpha value is -1.94. The van der Waals surface area contributed by atoms with Gasteiger partial charge in [-0.2, -0.15) is 0 Å². The highest BCUT2D eigenvalue weighted by atomic mass is 19.1. The molecule has 0 radical (unpaired) electrons. The number of nitrogens with one attached hydrogen (secondary N) is 1. The summed E-state index contributed by atoms with van der Waals surface area (Å²) in [6.07, 6.45) is 0.241. The Morgan fingerprint density at radius 3 is 2.38 bits per heavy atom. The molecule has 2 aromatic rings. The number of ether oxygens (including phenoxy) is 1. The van der Waals surface area contributed by atoms with Crippen LogP contribution in [0.25, 0.3) is 0 Å². The largest absolute Gasteiger partial charge is 0.494 e. The van der Waals surface area contributed by atoms with E-state index in [1.54, 1.807) is 7.05 Å². The summed E-state index contributed by atoms with van der Waals surface area (Å²) in [5, 5.41) is 3.10. The molecule has 2 nitrogen and oxygen atoms in total. The van der Waals surface area contributed by atoms with Crippen molar-refractivity contribution in [1.82, 2.24) is 5.32 Å². The highest BCUT2D eigenvalue weighted by Gasteiger charge is 2.16. The maximum absolute atomic E-state index is 13.8. The van der Waals surface area contributed by atoms with E-state index in [9.17, 15) is 8.78 Å². The second-order valence-corrected chi connectivity index (χ2v) is 4.75. The number of halogens is 2. The molecule has 0 heterocycles. The topological polar surface area (TPSA) is 21.3 Å². The van der Waals surface area contributed by atoms with Gasteiger partial charge in [-0.05, 0) is 50.2 Å². The summed E-state index contributed by atoms with van der Waals surface area (Å²) in [6.45, 7) is 2.49. The molecule has 0 aliphatic rings. The van der Waals surface area contributed by atoms with Gasteiger partial charge >= 0.3 is 0 Å². The van der Waals surface area contributed by atoms with E-state index < -0.39 is 11.6 Å². The van der Waals surface area contributed by atoms with Crippen molar-refractivity contribution >= 4 is 0 Å². The molecule has 1 unspecified atom stereocenters. The van der Waals surface area contributed by atoms with E-state index in [0.717, 1.165) is 11.3 Å². The normalized spacial score (nSPS) is 12.2. The zero-order valence-corrected chi connectivity index (χ0v) is 12.2. The lowest BCUT2D eigenvalue weighted by molar-refractivity contribution is 0.339. The summed E-state index contributed by atoms with van der Waals surface area (Å²) in [6, 6.07) is 11.3. The van der Waals surface area contributed by atoms with Gasteiger partial charge in [0.2, 0.25) is 0 Å². The second-order valence-electron chi connectivity index (χ2n) is 4.75. The zero-order chi connectivity index (χ0) is 15.2. The fourth-order valence-electron chi connectivity index (χ4n) is 2.31. The Balaban J connectivity index is 2.26. The first-order valence-electron chi connectivity index (χ1n) is 6.98. The first kappa shape index (κ1) is 15.4. The second kappa shape index (κ2) is 7.18. The first-order chi connectivity index (χ1) is 10.2. The van der Waals surface area contributed by atoms with Gasteiger partial charge in [0.15, 0.2) is 0 Å². The van der Waals surface area contributed by atoms with Crippen molar-refractivity contribution in [3.63, 3.8) is 0 Å². The standard InChI is InChI=1S/C17H19F2NO/c1-3-21-13-7-4-6-12(10-13)17(20-2)11-14-15(18)8-5-9-16(14)19/h4-10,17,20H,3,11H2,1-2H3. The molecule has 0 spiro atoms. The summed E-state index contributed by atoms with van der Waals surface area (Å²) in [7, 11) is 1.77. The quantitative estimate of drug-likeness (QED) is 0.872. The molecule has 1 atom stereocenters. The minimum Gasteiger partial charge on any atom is -0.494 e. The molecule has 0 aromatic heterocycles. The number of rotatable bonds is 6. The van der Waals surface area contributed by atoms with Gasteiger partial charge in [-0.25, -0.2) is 8.78 Å². The predicted molar refractivity (Wildman–Crippen MR) is 79.5 cm³/mol. The molecule has 4 heteroatoms. The molecule has 21 heavy (non-hydrogen) atoms. The summed E-state index contributed by atoms with van der Waals surface area (Å²) in [5.74, 6) is -0.281. The molecule has 0 saturated heterocycles. The highest BCUT2D eigenvalue weighted by Crippen LogP contribution is 2.24. The molecule has 0 saturated carbocycles. The van der Waals surface area contributed by atoms with Gasteiger partial charge in [0.05, 0.1) is 6.61 Å². The minimum atomic E-state index is -0.517. The Labute approximate surface area is 123 Å². The smallest absolute Gasteiger partial charge is 0.129 e. The minimum absolute atomic E-state index is 0.0960. The Morgan fingerprint density at radius 1 is 1.10 bits per heavy atom. The van der Waals surface area contributed by atoms with Crippen LogP contribution in [-0.4, -0.2) is 13.7 Å². The van der Waals surface area contributed by atoms with E-state index in [-0.39, 0.29) is 18.0 Å². The molecule has 0 aliphatic heterocycles. The molecule has 0 aliphatic carbocycles. The van der Waals surface area contributed by atoms with Crippen molar-refractivity contribution < 1.29 is 13.5 Å². The highest BCUT2D eigenvalue weighted by molar-refractivity contribution is 5.32. The number of benzene rings is 2. The van der Waals surface area contributed by atoms with Crippen molar-refractivity contribution in [1.29, 1.82) is 0 Å². The van der Waals surface area contributed by atoms with Gasteiger partial charge in [0.1, 0.15) is 17.4 Å². The van der Waals surface area contributed by atoms with E-state index in [2.05, 4.69) is 5.32 Å². The monoisotopic (exact) mass is 291 g/mol. The lowest BCUT2D eigenvalue weighted by atomic mass is 9.98. The molecule has 112 valence electrons. The van der Waals surface area contributed by atoms with Crippen molar-refractivity contribution in [3.05, 3.63) is 65.2 Å². The maximum Gasteiger partial charge on any atom is 0.129 e. The number of hydrogen-bond donors (Lipinski definition) is 1. The van der Waals surface area contributed by atoms with Crippen LogP contribution in [0, 0.1) is 11.6 Å².